The van der Waals surface area contributed by atoms with Gasteiger partial charge in [0.1, 0.15) is 0 Å². The first-order valence-corrected chi connectivity index (χ1v) is 7.98. The van der Waals surface area contributed by atoms with Crippen molar-refractivity contribution in [3.8, 4) is 11.1 Å². The maximum absolute atomic E-state index is 6.34. The van der Waals surface area contributed by atoms with Crippen LogP contribution in [-0.4, -0.2) is 5.16 Å². The summed E-state index contributed by atoms with van der Waals surface area (Å²) in [4.78, 5) is 0. The average molecular weight is 325 g/mol. The number of anilines is 1. The number of benzene rings is 1. The minimum Gasteiger partial charge on any atom is -0.380 e. The Labute approximate surface area is 134 Å². The van der Waals surface area contributed by atoms with Gasteiger partial charge in [0.2, 0.25) is 0 Å². The molecule has 2 aromatic rings. The number of hydrogen-bond acceptors (Lipinski definition) is 3. The molecule has 0 amide bonds. The Morgan fingerprint density at radius 1 is 1.19 bits per heavy atom. The van der Waals surface area contributed by atoms with E-state index in [0.29, 0.717) is 15.9 Å². The molecule has 1 aromatic carbocycles. The van der Waals surface area contributed by atoms with Gasteiger partial charge in [-0.1, -0.05) is 60.6 Å². The topological polar surface area (TPSA) is 52.0 Å². The number of nitrogens with two attached hydrogens (primary N) is 1. The van der Waals surface area contributed by atoms with Gasteiger partial charge in [-0.15, -0.1) is 0 Å². The van der Waals surface area contributed by atoms with Crippen molar-refractivity contribution >= 4 is 29.0 Å². The molecule has 0 radical (unpaired) electrons. The second-order valence-corrected chi connectivity index (χ2v) is 6.86. The van der Waals surface area contributed by atoms with Gasteiger partial charge in [0.15, 0.2) is 11.6 Å². The van der Waals surface area contributed by atoms with Crippen LogP contribution >= 0.6 is 23.2 Å². The van der Waals surface area contributed by atoms with Gasteiger partial charge in [-0.3, -0.25) is 0 Å². The first-order valence-electron chi connectivity index (χ1n) is 7.22. The van der Waals surface area contributed by atoms with E-state index < -0.39 is 0 Å². The zero-order valence-electron chi connectivity index (χ0n) is 12.0. The first kappa shape index (κ1) is 14.7. The molecule has 0 bridgehead atoms. The van der Waals surface area contributed by atoms with Crippen LogP contribution < -0.4 is 5.73 Å². The normalized spacial score (nSPS) is 17.9. The highest BCUT2D eigenvalue weighted by atomic mass is 35.5. The molecule has 0 aliphatic heterocycles. The lowest BCUT2D eigenvalue weighted by atomic mass is 9.72. The SMILES string of the molecule is CC1(c2onc(N)c2-c2ccc(Cl)cc2Cl)CCCCC1. The van der Waals surface area contributed by atoms with E-state index >= 15 is 0 Å². The molecule has 1 heterocycles. The third-order valence-electron chi connectivity index (χ3n) is 4.42. The maximum Gasteiger partial charge on any atom is 0.175 e. The molecule has 0 saturated heterocycles. The van der Waals surface area contributed by atoms with Crippen molar-refractivity contribution < 1.29 is 4.52 Å². The zero-order chi connectivity index (χ0) is 15.0. The van der Waals surface area contributed by atoms with E-state index in [-0.39, 0.29) is 5.41 Å². The summed E-state index contributed by atoms with van der Waals surface area (Å²) in [5, 5.41) is 5.16. The maximum atomic E-state index is 6.34. The lowest BCUT2D eigenvalue weighted by Gasteiger charge is -2.31. The molecule has 0 spiro atoms. The van der Waals surface area contributed by atoms with Crippen LogP contribution in [0.15, 0.2) is 22.7 Å². The Morgan fingerprint density at radius 3 is 2.57 bits per heavy atom. The number of hydrogen-bond donors (Lipinski definition) is 1. The fraction of sp³-hybridized carbons (Fsp3) is 0.438. The van der Waals surface area contributed by atoms with Crippen molar-refractivity contribution in [1.82, 2.24) is 5.16 Å². The predicted octanol–water partition coefficient (Wildman–Crippen LogP) is 5.45. The molecular weight excluding hydrogens is 307 g/mol. The van der Waals surface area contributed by atoms with Crippen LogP contribution in [0.2, 0.25) is 10.0 Å². The molecule has 21 heavy (non-hydrogen) atoms. The van der Waals surface area contributed by atoms with E-state index in [1.807, 2.05) is 12.1 Å². The second-order valence-electron chi connectivity index (χ2n) is 6.02. The Hall–Kier alpha value is -1.19. The van der Waals surface area contributed by atoms with E-state index in [1.54, 1.807) is 6.07 Å². The van der Waals surface area contributed by atoms with Crippen LogP contribution in [0.1, 0.15) is 44.8 Å². The average Bonchev–Trinajstić information content (AvgIpc) is 2.82. The van der Waals surface area contributed by atoms with Crippen LogP contribution in [0.25, 0.3) is 11.1 Å². The van der Waals surface area contributed by atoms with Gasteiger partial charge in [-0.05, 0) is 25.0 Å². The second kappa shape index (κ2) is 5.54. The molecule has 1 aliphatic carbocycles. The number of halogens is 2. The van der Waals surface area contributed by atoms with Crippen molar-refractivity contribution in [2.24, 2.45) is 0 Å². The smallest absolute Gasteiger partial charge is 0.175 e. The number of aromatic nitrogens is 1. The molecular formula is C16H18Cl2N2O. The Bertz CT molecular complexity index is 660. The lowest BCUT2D eigenvalue weighted by molar-refractivity contribution is 0.242. The Balaban J connectivity index is 2.13. The molecule has 5 heteroatoms. The molecule has 0 unspecified atom stereocenters. The van der Waals surface area contributed by atoms with Crippen molar-refractivity contribution in [2.75, 3.05) is 5.73 Å². The zero-order valence-corrected chi connectivity index (χ0v) is 13.5. The number of nitrogens with zero attached hydrogens (tertiary/aromatic N) is 1. The largest absolute Gasteiger partial charge is 0.380 e. The summed E-state index contributed by atoms with van der Waals surface area (Å²) < 4.78 is 5.61. The Morgan fingerprint density at radius 2 is 1.90 bits per heavy atom. The molecule has 2 N–H and O–H groups in total. The van der Waals surface area contributed by atoms with Gasteiger partial charge in [-0.2, -0.15) is 0 Å². The predicted molar refractivity (Wildman–Crippen MR) is 86.8 cm³/mol. The quantitative estimate of drug-likeness (QED) is 0.798. The summed E-state index contributed by atoms with van der Waals surface area (Å²) in [6.45, 7) is 2.22. The fourth-order valence-electron chi connectivity index (χ4n) is 3.23. The number of nitrogen functional groups attached to an aromatic ring is 1. The molecule has 1 saturated carbocycles. The van der Waals surface area contributed by atoms with E-state index in [0.717, 1.165) is 29.7 Å². The molecule has 3 rings (SSSR count). The highest BCUT2D eigenvalue weighted by Crippen LogP contribution is 2.46. The standard InChI is InChI=1S/C16H18Cl2N2O/c1-16(7-3-2-4-8-16)14-13(15(19)20-21-14)11-6-5-10(17)9-12(11)18/h5-6,9H,2-4,7-8H2,1H3,(H2,19,20). The summed E-state index contributed by atoms with van der Waals surface area (Å²) in [5.74, 6) is 1.24. The monoisotopic (exact) mass is 324 g/mol. The van der Waals surface area contributed by atoms with E-state index in [1.165, 1.54) is 19.3 Å². The molecule has 1 fully saturated rings. The van der Waals surface area contributed by atoms with E-state index in [4.69, 9.17) is 33.5 Å². The summed E-state index contributed by atoms with van der Waals surface area (Å²) in [6, 6.07) is 5.41. The molecule has 112 valence electrons. The van der Waals surface area contributed by atoms with Crippen LogP contribution in [0.3, 0.4) is 0 Å². The van der Waals surface area contributed by atoms with Gasteiger partial charge in [0.25, 0.3) is 0 Å². The summed E-state index contributed by atoms with van der Waals surface area (Å²) in [5.41, 5.74) is 7.68. The van der Waals surface area contributed by atoms with Crippen molar-refractivity contribution in [1.29, 1.82) is 0 Å². The van der Waals surface area contributed by atoms with Gasteiger partial charge in [-0.25, -0.2) is 0 Å². The van der Waals surface area contributed by atoms with Crippen LogP contribution in [0.4, 0.5) is 5.82 Å². The van der Waals surface area contributed by atoms with Crippen LogP contribution in [-0.2, 0) is 5.41 Å². The van der Waals surface area contributed by atoms with Crippen molar-refractivity contribution in [3.05, 3.63) is 34.0 Å². The highest BCUT2D eigenvalue weighted by molar-refractivity contribution is 6.36. The third kappa shape index (κ3) is 2.65. The van der Waals surface area contributed by atoms with Gasteiger partial charge < -0.3 is 10.3 Å². The van der Waals surface area contributed by atoms with Crippen molar-refractivity contribution in [2.45, 2.75) is 44.4 Å². The molecule has 3 nitrogen and oxygen atoms in total. The van der Waals surface area contributed by atoms with E-state index in [2.05, 4.69) is 12.1 Å². The van der Waals surface area contributed by atoms with Gasteiger partial charge in [0, 0.05) is 16.0 Å². The van der Waals surface area contributed by atoms with Crippen LogP contribution in [0, 0.1) is 0 Å². The number of rotatable bonds is 2. The van der Waals surface area contributed by atoms with Crippen LogP contribution in [0.5, 0.6) is 0 Å². The van der Waals surface area contributed by atoms with Gasteiger partial charge >= 0.3 is 0 Å². The van der Waals surface area contributed by atoms with Gasteiger partial charge in [0.05, 0.1) is 10.6 Å². The molecule has 1 aromatic heterocycles. The van der Waals surface area contributed by atoms with Crippen molar-refractivity contribution in [3.63, 3.8) is 0 Å². The summed E-state index contributed by atoms with van der Waals surface area (Å²) >= 11 is 12.3. The summed E-state index contributed by atoms with van der Waals surface area (Å²) in [7, 11) is 0. The molecule has 1 aliphatic rings. The minimum atomic E-state index is -0.0266. The highest BCUT2D eigenvalue weighted by Gasteiger charge is 2.36. The van der Waals surface area contributed by atoms with E-state index in [9.17, 15) is 0 Å². The molecule has 0 atom stereocenters. The lowest BCUT2D eigenvalue weighted by Crippen LogP contribution is -2.25. The fourth-order valence-corrected chi connectivity index (χ4v) is 3.73. The Kier molecular flexibility index (Phi) is 3.89. The first-order chi connectivity index (χ1) is 10.0. The third-order valence-corrected chi connectivity index (χ3v) is 4.97. The minimum absolute atomic E-state index is 0.0266. The summed E-state index contributed by atoms with van der Waals surface area (Å²) in [6.07, 6.45) is 5.84.